The predicted molar refractivity (Wildman–Crippen MR) is 130 cm³/mol. The molecule has 166 valence electrons. The van der Waals surface area contributed by atoms with E-state index >= 15 is 0 Å². The molecule has 6 nitrogen and oxygen atoms in total. The smallest absolute Gasteiger partial charge is 0.272 e. The van der Waals surface area contributed by atoms with Crippen molar-refractivity contribution in [1.29, 1.82) is 0 Å². The second-order valence-corrected chi connectivity index (χ2v) is 8.34. The van der Waals surface area contributed by atoms with Gasteiger partial charge in [0.2, 0.25) is 5.91 Å². The van der Waals surface area contributed by atoms with Gasteiger partial charge in [0.15, 0.2) is 0 Å². The number of nitrogens with zero attached hydrogens (tertiary/aromatic N) is 1. The summed E-state index contributed by atoms with van der Waals surface area (Å²) in [7, 11) is 0. The molecule has 0 radical (unpaired) electrons. The van der Waals surface area contributed by atoms with Crippen LogP contribution in [0.4, 0.5) is 11.4 Å². The van der Waals surface area contributed by atoms with Crippen LogP contribution in [0.25, 0.3) is 5.57 Å². The summed E-state index contributed by atoms with van der Waals surface area (Å²) in [5.41, 5.74) is 1.99. The third kappa shape index (κ3) is 4.83. The summed E-state index contributed by atoms with van der Waals surface area (Å²) < 4.78 is 5.55. The Kier molecular flexibility index (Phi) is 6.60. The van der Waals surface area contributed by atoms with E-state index in [0.29, 0.717) is 39.8 Å². The molecule has 4 rings (SSSR count). The minimum atomic E-state index is -0.403. The molecule has 0 aromatic heterocycles. The number of rotatable bonds is 7. The lowest BCUT2D eigenvalue weighted by molar-refractivity contribution is -0.120. The second-order valence-electron chi connectivity index (χ2n) is 7.25. The number of benzene rings is 3. The van der Waals surface area contributed by atoms with Crippen molar-refractivity contribution in [2.45, 2.75) is 18.7 Å². The quantitative estimate of drug-likeness (QED) is 0.498. The molecular formula is C26H22N2O4S. The first kappa shape index (κ1) is 22.4. The molecule has 7 heteroatoms. The fourth-order valence-electron chi connectivity index (χ4n) is 3.50. The summed E-state index contributed by atoms with van der Waals surface area (Å²) in [6, 6.07) is 23.3. The van der Waals surface area contributed by atoms with Gasteiger partial charge in [0, 0.05) is 23.6 Å². The maximum atomic E-state index is 13.6. The normalized spacial score (nSPS) is 13.5. The molecule has 3 aromatic rings. The molecule has 0 bridgehead atoms. The molecule has 1 aliphatic heterocycles. The SMILES string of the molecule is CCOc1cccc(N2C(=O)C(Sc3ccccc3)=C(c3ccc(NC(C)=O)cc3)C2=O)c1. The van der Waals surface area contributed by atoms with Crippen molar-refractivity contribution in [1.82, 2.24) is 0 Å². The molecular weight excluding hydrogens is 436 g/mol. The van der Waals surface area contributed by atoms with E-state index in [2.05, 4.69) is 5.32 Å². The number of hydrogen-bond donors (Lipinski definition) is 1. The lowest BCUT2D eigenvalue weighted by Gasteiger charge is -2.16. The molecule has 1 heterocycles. The average molecular weight is 459 g/mol. The lowest BCUT2D eigenvalue weighted by atomic mass is 10.1. The predicted octanol–water partition coefficient (Wildman–Crippen LogP) is 5.12. The third-order valence-corrected chi connectivity index (χ3v) is 5.98. The summed E-state index contributed by atoms with van der Waals surface area (Å²) in [6.45, 7) is 3.78. The fourth-order valence-corrected chi connectivity index (χ4v) is 4.52. The fraction of sp³-hybridized carbons (Fsp3) is 0.115. The van der Waals surface area contributed by atoms with E-state index in [1.165, 1.54) is 23.6 Å². The minimum absolute atomic E-state index is 0.185. The molecule has 33 heavy (non-hydrogen) atoms. The summed E-state index contributed by atoms with van der Waals surface area (Å²) in [6.07, 6.45) is 0. The summed E-state index contributed by atoms with van der Waals surface area (Å²) in [5.74, 6) is -0.390. The van der Waals surface area contributed by atoms with Crippen LogP contribution in [0.5, 0.6) is 5.75 Å². The first-order valence-electron chi connectivity index (χ1n) is 10.4. The van der Waals surface area contributed by atoms with Crippen LogP contribution in [0.3, 0.4) is 0 Å². The van der Waals surface area contributed by atoms with Crippen molar-refractivity contribution in [2.24, 2.45) is 0 Å². The van der Waals surface area contributed by atoms with Crippen LogP contribution in [-0.4, -0.2) is 24.3 Å². The first-order valence-corrected chi connectivity index (χ1v) is 11.3. The Bertz CT molecular complexity index is 1240. The van der Waals surface area contributed by atoms with E-state index in [-0.39, 0.29) is 11.8 Å². The molecule has 0 saturated heterocycles. The summed E-state index contributed by atoms with van der Waals surface area (Å²) in [4.78, 5) is 40.8. The van der Waals surface area contributed by atoms with E-state index in [1.54, 1.807) is 48.5 Å². The maximum Gasteiger partial charge on any atom is 0.272 e. The molecule has 0 spiro atoms. The van der Waals surface area contributed by atoms with Crippen LogP contribution in [0.2, 0.25) is 0 Å². The van der Waals surface area contributed by atoms with Gasteiger partial charge in [0.05, 0.1) is 22.8 Å². The van der Waals surface area contributed by atoms with E-state index < -0.39 is 5.91 Å². The largest absolute Gasteiger partial charge is 0.494 e. The van der Waals surface area contributed by atoms with Gasteiger partial charge in [-0.05, 0) is 48.9 Å². The van der Waals surface area contributed by atoms with Gasteiger partial charge in [0.1, 0.15) is 5.75 Å². The standard InChI is InChI=1S/C26H22N2O4S/c1-3-32-21-9-7-8-20(16-21)28-25(30)23(18-12-14-19(15-13-18)27-17(2)29)24(26(28)31)33-22-10-5-4-6-11-22/h4-16H,3H2,1-2H3,(H,27,29). The van der Waals surface area contributed by atoms with Gasteiger partial charge < -0.3 is 10.1 Å². The number of carbonyl (C=O) groups excluding carboxylic acids is 3. The zero-order chi connectivity index (χ0) is 23.4. The van der Waals surface area contributed by atoms with E-state index in [4.69, 9.17) is 4.74 Å². The van der Waals surface area contributed by atoms with Crippen molar-refractivity contribution >= 4 is 46.4 Å². The monoisotopic (exact) mass is 458 g/mol. The van der Waals surface area contributed by atoms with Gasteiger partial charge in [-0.2, -0.15) is 0 Å². The molecule has 1 aliphatic rings. The molecule has 0 aliphatic carbocycles. The Balaban J connectivity index is 1.76. The van der Waals surface area contributed by atoms with Crippen LogP contribution in [0.15, 0.2) is 88.7 Å². The highest BCUT2D eigenvalue weighted by Crippen LogP contribution is 2.42. The van der Waals surface area contributed by atoms with Gasteiger partial charge in [-0.3, -0.25) is 14.4 Å². The molecule has 1 N–H and O–H groups in total. The van der Waals surface area contributed by atoms with Crippen LogP contribution >= 0.6 is 11.8 Å². The number of imide groups is 1. The summed E-state index contributed by atoms with van der Waals surface area (Å²) in [5, 5.41) is 2.71. The van der Waals surface area contributed by atoms with E-state index in [9.17, 15) is 14.4 Å². The molecule has 0 saturated carbocycles. The number of ether oxygens (including phenoxy) is 1. The zero-order valence-electron chi connectivity index (χ0n) is 18.2. The lowest BCUT2D eigenvalue weighted by Crippen LogP contribution is -2.31. The van der Waals surface area contributed by atoms with Crippen LogP contribution in [-0.2, 0) is 14.4 Å². The van der Waals surface area contributed by atoms with Crippen molar-refractivity contribution < 1.29 is 19.1 Å². The van der Waals surface area contributed by atoms with Crippen LogP contribution in [0.1, 0.15) is 19.4 Å². The third-order valence-electron chi connectivity index (χ3n) is 4.89. The number of carbonyl (C=O) groups is 3. The number of nitrogens with one attached hydrogen (secondary N) is 1. The van der Waals surface area contributed by atoms with Gasteiger partial charge in [0.25, 0.3) is 11.8 Å². The zero-order valence-corrected chi connectivity index (χ0v) is 19.0. The minimum Gasteiger partial charge on any atom is -0.494 e. The summed E-state index contributed by atoms with van der Waals surface area (Å²) >= 11 is 1.26. The Labute approximate surface area is 196 Å². The molecule has 3 amide bonds. The second kappa shape index (κ2) is 9.75. The van der Waals surface area contributed by atoms with Gasteiger partial charge >= 0.3 is 0 Å². The Morgan fingerprint density at radius 2 is 1.67 bits per heavy atom. The van der Waals surface area contributed by atoms with Crippen molar-refractivity contribution in [3.05, 3.63) is 89.3 Å². The number of thioether (sulfide) groups is 1. The highest BCUT2D eigenvalue weighted by Gasteiger charge is 2.40. The molecule has 0 unspecified atom stereocenters. The number of hydrogen-bond acceptors (Lipinski definition) is 5. The highest BCUT2D eigenvalue weighted by molar-refractivity contribution is 8.04. The molecule has 0 fully saturated rings. The number of amides is 3. The maximum absolute atomic E-state index is 13.6. The average Bonchev–Trinajstić information content (AvgIpc) is 3.04. The first-order chi connectivity index (χ1) is 16.0. The van der Waals surface area contributed by atoms with Gasteiger partial charge in [-0.1, -0.05) is 48.2 Å². The van der Waals surface area contributed by atoms with E-state index in [0.717, 1.165) is 4.90 Å². The Morgan fingerprint density at radius 1 is 0.939 bits per heavy atom. The molecule has 0 atom stereocenters. The van der Waals surface area contributed by atoms with Crippen molar-refractivity contribution in [2.75, 3.05) is 16.8 Å². The Morgan fingerprint density at radius 3 is 2.33 bits per heavy atom. The van der Waals surface area contributed by atoms with E-state index in [1.807, 2.05) is 37.3 Å². The van der Waals surface area contributed by atoms with Crippen LogP contribution in [0, 0.1) is 0 Å². The van der Waals surface area contributed by atoms with Gasteiger partial charge in [-0.15, -0.1) is 0 Å². The topological polar surface area (TPSA) is 75.7 Å². The van der Waals surface area contributed by atoms with Crippen molar-refractivity contribution in [3.63, 3.8) is 0 Å². The van der Waals surface area contributed by atoms with Crippen molar-refractivity contribution in [3.8, 4) is 5.75 Å². The number of anilines is 2. The molecule has 3 aromatic carbocycles. The Hall–Kier alpha value is -3.84. The highest BCUT2D eigenvalue weighted by atomic mass is 32.2. The van der Waals surface area contributed by atoms with Gasteiger partial charge in [-0.25, -0.2) is 4.90 Å². The van der Waals surface area contributed by atoms with Crippen LogP contribution < -0.4 is 15.0 Å².